The molecule has 152 valence electrons. The highest BCUT2D eigenvalue weighted by atomic mass is 19.4. The molecule has 0 atom stereocenters. The summed E-state index contributed by atoms with van der Waals surface area (Å²) in [6.45, 7) is 5.95. The Morgan fingerprint density at radius 3 is 2.30 bits per heavy atom. The maximum atomic E-state index is 13.4. The molecule has 0 aliphatic carbocycles. The Bertz CT molecular complexity index is 764. The Morgan fingerprint density at radius 1 is 1.11 bits per heavy atom. The molecule has 1 heterocycles. The van der Waals surface area contributed by atoms with Crippen LogP contribution in [0.2, 0.25) is 0 Å². The lowest BCUT2D eigenvalue weighted by molar-refractivity contribution is -0.137. The van der Waals surface area contributed by atoms with Gasteiger partial charge in [0.15, 0.2) is 11.5 Å². The van der Waals surface area contributed by atoms with E-state index in [1.54, 1.807) is 25.7 Å². The molecular formula is C18H22F6N2O. The fraction of sp³-hybridized carbons (Fsp3) is 0.611. The van der Waals surface area contributed by atoms with Gasteiger partial charge >= 0.3 is 12.4 Å². The van der Waals surface area contributed by atoms with E-state index in [2.05, 4.69) is 4.98 Å². The van der Waals surface area contributed by atoms with Crippen LogP contribution >= 0.6 is 0 Å². The zero-order chi connectivity index (χ0) is 20.4. The Labute approximate surface area is 153 Å². The van der Waals surface area contributed by atoms with Gasteiger partial charge in [0, 0.05) is 18.9 Å². The number of oxazole rings is 1. The highest BCUT2D eigenvalue weighted by molar-refractivity contribution is 5.78. The van der Waals surface area contributed by atoms with E-state index in [4.69, 9.17) is 4.42 Å². The minimum absolute atomic E-state index is 0.104. The molecule has 0 N–H and O–H groups in total. The minimum atomic E-state index is -4.62. The molecule has 1 aromatic heterocycles. The largest absolute Gasteiger partial charge is 0.440 e. The number of fused-ring (bicyclic) bond motifs is 1. The first kappa shape index (κ1) is 21.5. The van der Waals surface area contributed by atoms with Crippen LogP contribution in [0.4, 0.5) is 26.3 Å². The van der Waals surface area contributed by atoms with Crippen molar-refractivity contribution in [2.45, 2.75) is 58.4 Å². The van der Waals surface area contributed by atoms with Gasteiger partial charge in [-0.3, -0.25) is 4.90 Å². The van der Waals surface area contributed by atoms with E-state index in [1.807, 2.05) is 0 Å². The summed E-state index contributed by atoms with van der Waals surface area (Å²) in [5.74, 6) is 0.0432. The highest BCUT2D eigenvalue weighted by Crippen LogP contribution is 2.37. The number of halogens is 6. The lowest BCUT2D eigenvalue weighted by atomic mass is 10.1. The van der Waals surface area contributed by atoms with Gasteiger partial charge in [0.1, 0.15) is 11.1 Å². The van der Waals surface area contributed by atoms with Gasteiger partial charge in [-0.15, -0.1) is 0 Å². The summed E-state index contributed by atoms with van der Waals surface area (Å²) < 4.78 is 82.5. The topological polar surface area (TPSA) is 29.3 Å². The van der Waals surface area contributed by atoms with Crippen molar-refractivity contribution in [1.29, 1.82) is 0 Å². The summed E-state index contributed by atoms with van der Waals surface area (Å²) in [4.78, 5) is 5.82. The molecule has 0 unspecified atom stereocenters. The van der Waals surface area contributed by atoms with E-state index in [1.165, 1.54) is 6.07 Å². The Morgan fingerprint density at radius 2 is 1.78 bits per heavy atom. The van der Waals surface area contributed by atoms with Gasteiger partial charge < -0.3 is 4.42 Å². The van der Waals surface area contributed by atoms with E-state index in [0.29, 0.717) is 12.1 Å². The average Bonchev–Trinajstić information content (AvgIpc) is 2.95. The maximum absolute atomic E-state index is 13.4. The van der Waals surface area contributed by atoms with Gasteiger partial charge in [-0.1, -0.05) is 20.8 Å². The molecule has 0 spiro atoms. The standard InChI is InChI=1S/C18H22F6N2O/c1-4-26(7-5-6-17(19,20)21)10-12-8-13(18(22,23)24)15-14(9-12)25-16(27-15)11(2)3/h8-9,11H,4-7,10H2,1-3H3. The molecule has 2 rings (SSSR count). The second-order valence-corrected chi connectivity index (χ2v) is 6.78. The van der Waals surface area contributed by atoms with Crippen molar-refractivity contribution in [3.8, 4) is 0 Å². The first-order valence-electron chi connectivity index (χ1n) is 8.70. The number of hydrogen-bond donors (Lipinski definition) is 0. The van der Waals surface area contributed by atoms with Crippen LogP contribution in [0, 0.1) is 0 Å². The Hall–Kier alpha value is -1.77. The molecule has 2 aromatic rings. The van der Waals surface area contributed by atoms with Crippen LogP contribution in [0.5, 0.6) is 0 Å². The van der Waals surface area contributed by atoms with Gasteiger partial charge in [-0.2, -0.15) is 26.3 Å². The monoisotopic (exact) mass is 396 g/mol. The molecule has 1 aromatic carbocycles. The molecule has 0 radical (unpaired) electrons. The van der Waals surface area contributed by atoms with Gasteiger partial charge in [-0.05, 0) is 37.2 Å². The van der Waals surface area contributed by atoms with E-state index in [0.717, 1.165) is 6.07 Å². The number of aromatic nitrogens is 1. The number of alkyl halides is 6. The molecule has 0 amide bonds. The summed E-state index contributed by atoms with van der Waals surface area (Å²) in [5.41, 5.74) is -0.780. The van der Waals surface area contributed by atoms with Crippen LogP contribution < -0.4 is 0 Å². The van der Waals surface area contributed by atoms with Gasteiger partial charge in [0.25, 0.3) is 0 Å². The number of rotatable bonds is 7. The van der Waals surface area contributed by atoms with Crippen molar-refractivity contribution in [1.82, 2.24) is 9.88 Å². The SMILES string of the molecule is CCN(CCCC(F)(F)F)Cc1cc(C(F)(F)F)c2oc(C(C)C)nc2c1. The molecule has 0 bridgehead atoms. The normalized spacial score (nSPS) is 13.3. The predicted octanol–water partition coefficient (Wildman–Crippen LogP) is 6.13. The van der Waals surface area contributed by atoms with E-state index >= 15 is 0 Å². The summed E-state index contributed by atoms with van der Waals surface area (Å²) in [7, 11) is 0. The van der Waals surface area contributed by atoms with Gasteiger partial charge in [-0.25, -0.2) is 4.98 Å². The van der Waals surface area contributed by atoms with Crippen molar-refractivity contribution in [3.05, 3.63) is 29.2 Å². The first-order chi connectivity index (χ1) is 12.4. The second kappa shape index (κ2) is 8.08. The fourth-order valence-electron chi connectivity index (χ4n) is 2.77. The van der Waals surface area contributed by atoms with E-state index in [-0.39, 0.29) is 42.4 Å². The number of hydrogen-bond acceptors (Lipinski definition) is 3. The number of nitrogens with zero attached hydrogens (tertiary/aromatic N) is 2. The summed E-state index contributed by atoms with van der Waals surface area (Å²) >= 11 is 0. The highest BCUT2D eigenvalue weighted by Gasteiger charge is 2.35. The van der Waals surface area contributed by atoms with Crippen LogP contribution in [0.1, 0.15) is 56.5 Å². The average molecular weight is 396 g/mol. The van der Waals surface area contributed by atoms with Crippen molar-refractivity contribution in [2.75, 3.05) is 13.1 Å². The smallest absolute Gasteiger partial charge is 0.420 e. The lowest BCUT2D eigenvalue weighted by Gasteiger charge is -2.21. The van der Waals surface area contributed by atoms with Crippen LogP contribution in [0.25, 0.3) is 11.1 Å². The first-order valence-corrected chi connectivity index (χ1v) is 8.70. The van der Waals surface area contributed by atoms with Crippen LogP contribution in [0.15, 0.2) is 16.5 Å². The fourth-order valence-corrected chi connectivity index (χ4v) is 2.77. The third kappa shape index (κ3) is 5.85. The lowest BCUT2D eigenvalue weighted by Crippen LogP contribution is -2.25. The van der Waals surface area contributed by atoms with Gasteiger partial charge in [0.2, 0.25) is 0 Å². The number of benzene rings is 1. The third-order valence-corrected chi connectivity index (χ3v) is 4.15. The zero-order valence-electron chi connectivity index (χ0n) is 15.3. The maximum Gasteiger partial charge on any atom is 0.420 e. The van der Waals surface area contributed by atoms with Crippen LogP contribution in [0.3, 0.4) is 0 Å². The molecular weight excluding hydrogens is 374 g/mol. The van der Waals surface area contributed by atoms with Crippen molar-refractivity contribution >= 4 is 11.1 Å². The molecule has 27 heavy (non-hydrogen) atoms. The summed E-state index contributed by atoms with van der Waals surface area (Å²) in [5, 5.41) is 0. The molecule has 0 saturated carbocycles. The molecule has 0 aliphatic rings. The Balaban J connectivity index is 2.29. The van der Waals surface area contributed by atoms with Crippen LogP contribution in [-0.4, -0.2) is 29.1 Å². The van der Waals surface area contributed by atoms with Crippen molar-refractivity contribution < 1.29 is 30.8 Å². The van der Waals surface area contributed by atoms with E-state index < -0.39 is 24.3 Å². The molecule has 0 saturated heterocycles. The predicted molar refractivity (Wildman–Crippen MR) is 89.3 cm³/mol. The third-order valence-electron chi connectivity index (χ3n) is 4.15. The molecule has 0 aliphatic heterocycles. The molecule has 3 nitrogen and oxygen atoms in total. The van der Waals surface area contributed by atoms with Crippen LogP contribution in [-0.2, 0) is 12.7 Å². The Kier molecular flexibility index (Phi) is 6.44. The van der Waals surface area contributed by atoms with Gasteiger partial charge in [0.05, 0.1) is 0 Å². The summed E-state index contributed by atoms with van der Waals surface area (Å²) in [6.07, 6.45) is -9.88. The summed E-state index contributed by atoms with van der Waals surface area (Å²) in [6, 6.07) is 2.50. The quantitative estimate of drug-likeness (QED) is 0.527. The minimum Gasteiger partial charge on any atom is -0.440 e. The van der Waals surface area contributed by atoms with Crippen molar-refractivity contribution in [3.63, 3.8) is 0 Å². The van der Waals surface area contributed by atoms with E-state index in [9.17, 15) is 26.3 Å². The molecule has 9 heteroatoms. The second-order valence-electron chi connectivity index (χ2n) is 6.78. The van der Waals surface area contributed by atoms with Crippen molar-refractivity contribution in [2.24, 2.45) is 0 Å². The molecule has 0 fully saturated rings. The zero-order valence-corrected chi connectivity index (χ0v) is 15.3.